The smallest absolute Gasteiger partial charge is 0.410 e. The first kappa shape index (κ1) is 27.1. The van der Waals surface area contributed by atoms with Crippen LogP contribution in [0.1, 0.15) is 63.9 Å². The third-order valence-electron chi connectivity index (χ3n) is 8.74. The van der Waals surface area contributed by atoms with Crippen molar-refractivity contribution < 1.29 is 36.6 Å². The fourth-order valence-electron chi connectivity index (χ4n) is 6.00. The molecule has 3 atom stereocenters. The van der Waals surface area contributed by atoms with Crippen molar-refractivity contribution in [1.29, 1.82) is 0 Å². The van der Waals surface area contributed by atoms with Crippen LogP contribution in [0.15, 0.2) is 18.2 Å². The molecule has 0 unspecified atom stereocenters. The molecule has 1 aromatic rings. The quantitative estimate of drug-likeness (QED) is 0.396. The Morgan fingerprint density at radius 3 is 2.50 bits per heavy atom. The Morgan fingerprint density at radius 2 is 1.84 bits per heavy atom. The zero-order chi connectivity index (χ0) is 27.1. The van der Waals surface area contributed by atoms with Crippen molar-refractivity contribution in [2.75, 3.05) is 26.2 Å². The highest BCUT2D eigenvalue weighted by atomic mass is 19.4. The summed E-state index contributed by atoms with van der Waals surface area (Å²) in [5, 5.41) is 0. The Morgan fingerprint density at radius 1 is 1.11 bits per heavy atom. The molecule has 2 saturated heterocycles. The largest absolute Gasteiger partial charge is 0.493 e. The van der Waals surface area contributed by atoms with Crippen molar-refractivity contribution >= 4 is 12.0 Å². The fraction of sp³-hybridized carbons (Fsp3) is 0.714. The number of alkyl halides is 3. The third kappa shape index (κ3) is 6.37. The summed E-state index contributed by atoms with van der Waals surface area (Å²) in [6.45, 7) is 3.94. The molecular weight excluding hydrogens is 504 g/mol. The van der Waals surface area contributed by atoms with E-state index in [-0.39, 0.29) is 30.2 Å². The van der Waals surface area contributed by atoms with E-state index in [1.165, 1.54) is 12.1 Å². The Bertz CT molecular complexity index is 1040. The molecule has 210 valence electrons. The predicted molar refractivity (Wildman–Crippen MR) is 131 cm³/mol. The lowest BCUT2D eigenvalue weighted by Crippen LogP contribution is -2.45. The first-order valence-corrected chi connectivity index (χ1v) is 13.8. The van der Waals surface area contributed by atoms with E-state index in [4.69, 9.17) is 9.47 Å². The zero-order valence-electron chi connectivity index (χ0n) is 21.8. The molecule has 2 aliphatic carbocycles. The third-order valence-corrected chi connectivity index (χ3v) is 8.74. The molecule has 2 saturated carbocycles. The van der Waals surface area contributed by atoms with E-state index in [0.717, 1.165) is 56.5 Å². The topological polar surface area (TPSA) is 59.1 Å². The van der Waals surface area contributed by atoms with Crippen LogP contribution in [0.25, 0.3) is 0 Å². The molecule has 0 spiro atoms. The number of likely N-dealkylation sites (tertiary alicyclic amines) is 2. The van der Waals surface area contributed by atoms with E-state index in [1.54, 1.807) is 6.07 Å². The summed E-state index contributed by atoms with van der Waals surface area (Å²) in [6.07, 6.45) is 0.988. The van der Waals surface area contributed by atoms with E-state index in [1.807, 2.05) is 11.8 Å². The average molecular weight is 541 g/mol. The van der Waals surface area contributed by atoms with Crippen LogP contribution in [0.4, 0.5) is 22.4 Å². The van der Waals surface area contributed by atoms with E-state index >= 15 is 0 Å². The number of hydrogen-bond acceptors (Lipinski definition) is 4. The van der Waals surface area contributed by atoms with Gasteiger partial charge in [0, 0.05) is 25.7 Å². The number of ether oxygens (including phenoxy) is 2. The maximum absolute atomic E-state index is 14.6. The van der Waals surface area contributed by atoms with Crippen LogP contribution in [0.5, 0.6) is 5.75 Å². The lowest BCUT2D eigenvalue weighted by atomic mass is 9.91. The minimum absolute atomic E-state index is 0.0408. The minimum atomic E-state index is -4.47. The number of carbonyl (C=O) groups excluding carboxylic acids is 2. The molecule has 2 amide bonds. The molecule has 6 nitrogen and oxygen atoms in total. The summed E-state index contributed by atoms with van der Waals surface area (Å²) in [5.41, 5.74) is -0.178. The molecule has 0 bridgehead atoms. The van der Waals surface area contributed by atoms with Crippen LogP contribution in [0.3, 0.4) is 0 Å². The van der Waals surface area contributed by atoms with Gasteiger partial charge in [0.1, 0.15) is 23.2 Å². The van der Waals surface area contributed by atoms with Crippen molar-refractivity contribution in [3.63, 3.8) is 0 Å². The summed E-state index contributed by atoms with van der Waals surface area (Å²) in [5.74, 6) is 0.784. The molecule has 2 heterocycles. The van der Waals surface area contributed by atoms with Gasteiger partial charge in [-0.15, -0.1) is 0 Å². The number of piperidine rings is 1. The van der Waals surface area contributed by atoms with Crippen molar-refractivity contribution in [3.05, 3.63) is 29.6 Å². The standard InChI is InChI=1S/C28H36F4N2O4/c1-27(9-10-27)38-26(36)33-12-6-18(7-13-33)22-15-19(22)8-14-37-21-5-4-20(23(29)17-21)16-25(35)34-11-2-3-24(34)28(30,31)32/h4-5,17-19,22,24H,2-3,6-16H2,1H3/t19-,22-,24-/m1/s1. The highest BCUT2D eigenvalue weighted by Gasteiger charge is 2.48. The van der Waals surface area contributed by atoms with Crippen LogP contribution >= 0.6 is 0 Å². The van der Waals surface area contributed by atoms with Gasteiger partial charge in [0.05, 0.1) is 13.0 Å². The first-order valence-electron chi connectivity index (χ1n) is 13.8. The van der Waals surface area contributed by atoms with Gasteiger partial charge in [0.15, 0.2) is 0 Å². The Balaban J connectivity index is 1.02. The molecule has 10 heteroatoms. The van der Waals surface area contributed by atoms with Gasteiger partial charge < -0.3 is 19.3 Å². The van der Waals surface area contributed by atoms with Gasteiger partial charge in [-0.05, 0) is 87.7 Å². The lowest BCUT2D eigenvalue weighted by Gasteiger charge is -2.32. The zero-order valence-corrected chi connectivity index (χ0v) is 21.8. The van der Waals surface area contributed by atoms with Crippen LogP contribution in [0, 0.1) is 23.6 Å². The normalized spacial score (nSPS) is 26.8. The molecule has 0 radical (unpaired) electrons. The summed E-state index contributed by atoms with van der Waals surface area (Å²) in [4.78, 5) is 27.4. The van der Waals surface area contributed by atoms with Gasteiger partial charge in [-0.25, -0.2) is 9.18 Å². The highest BCUT2D eigenvalue weighted by Crippen LogP contribution is 2.50. The SMILES string of the molecule is CC1(OC(=O)N2CCC([C@H]3C[C@H]3CCOc3ccc(CC(=O)N4CCC[C@@H]4C(F)(F)F)c(F)c3)CC2)CC1. The summed E-state index contributed by atoms with van der Waals surface area (Å²) < 4.78 is 65.4. The van der Waals surface area contributed by atoms with Crippen LogP contribution in [0.2, 0.25) is 0 Å². The van der Waals surface area contributed by atoms with E-state index < -0.39 is 30.4 Å². The number of hydrogen-bond donors (Lipinski definition) is 0. The van der Waals surface area contributed by atoms with Gasteiger partial charge in [-0.2, -0.15) is 13.2 Å². The Kier molecular flexibility index (Phi) is 7.52. The first-order chi connectivity index (χ1) is 18.0. The monoisotopic (exact) mass is 540 g/mol. The molecule has 4 fully saturated rings. The van der Waals surface area contributed by atoms with E-state index in [2.05, 4.69) is 0 Å². The second kappa shape index (κ2) is 10.6. The number of carbonyl (C=O) groups is 2. The maximum atomic E-state index is 14.6. The van der Waals surface area contributed by atoms with Gasteiger partial charge in [-0.1, -0.05) is 6.07 Å². The van der Waals surface area contributed by atoms with Gasteiger partial charge in [0.2, 0.25) is 5.91 Å². The summed E-state index contributed by atoms with van der Waals surface area (Å²) >= 11 is 0. The van der Waals surface area contributed by atoms with E-state index in [9.17, 15) is 27.2 Å². The summed E-state index contributed by atoms with van der Waals surface area (Å²) in [6, 6.07) is 2.41. The molecule has 0 aromatic heterocycles. The van der Waals surface area contributed by atoms with E-state index in [0.29, 0.717) is 36.5 Å². The lowest BCUT2D eigenvalue weighted by molar-refractivity contribution is -0.182. The molecule has 4 aliphatic rings. The molecule has 38 heavy (non-hydrogen) atoms. The molecule has 5 rings (SSSR count). The minimum Gasteiger partial charge on any atom is -0.493 e. The summed E-state index contributed by atoms with van der Waals surface area (Å²) in [7, 11) is 0. The molecular formula is C28H36F4N2O4. The molecule has 1 aromatic carbocycles. The maximum Gasteiger partial charge on any atom is 0.410 e. The predicted octanol–water partition coefficient (Wildman–Crippen LogP) is 5.73. The van der Waals surface area contributed by atoms with Crippen molar-refractivity contribution in [2.45, 2.75) is 82.5 Å². The number of amides is 2. The van der Waals surface area contributed by atoms with Gasteiger partial charge >= 0.3 is 12.3 Å². The van der Waals surface area contributed by atoms with Gasteiger partial charge in [0.25, 0.3) is 0 Å². The fourth-order valence-corrected chi connectivity index (χ4v) is 6.00. The van der Waals surface area contributed by atoms with Crippen molar-refractivity contribution in [1.82, 2.24) is 9.80 Å². The second-order valence-electron chi connectivity index (χ2n) is 11.7. The highest BCUT2D eigenvalue weighted by molar-refractivity contribution is 5.79. The van der Waals surface area contributed by atoms with Crippen molar-refractivity contribution in [3.8, 4) is 5.75 Å². The average Bonchev–Trinajstić information content (AvgIpc) is 3.74. The number of rotatable bonds is 8. The molecule has 2 aliphatic heterocycles. The number of benzene rings is 1. The van der Waals surface area contributed by atoms with Crippen LogP contribution in [-0.4, -0.2) is 65.9 Å². The number of nitrogens with zero attached hydrogens (tertiary/aromatic N) is 2. The second-order valence-corrected chi connectivity index (χ2v) is 11.7. The van der Waals surface area contributed by atoms with Crippen molar-refractivity contribution in [2.24, 2.45) is 17.8 Å². The Labute approximate surface area is 220 Å². The molecule has 0 N–H and O–H groups in total. The van der Waals surface area contributed by atoms with Crippen LogP contribution < -0.4 is 4.74 Å². The Hall–Kier alpha value is -2.52. The number of halogens is 4. The van der Waals surface area contributed by atoms with Gasteiger partial charge in [-0.3, -0.25) is 4.79 Å². The van der Waals surface area contributed by atoms with Crippen LogP contribution in [-0.2, 0) is 16.0 Å².